The van der Waals surface area contributed by atoms with Crippen LogP contribution in [-0.2, 0) is 0 Å². The highest BCUT2D eigenvalue weighted by molar-refractivity contribution is 6.33. The topological polar surface area (TPSA) is 74.2 Å². The maximum Gasteiger partial charge on any atom is 0.261 e. The van der Waals surface area contributed by atoms with Gasteiger partial charge in [-0.05, 0) is 18.4 Å². The van der Waals surface area contributed by atoms with E-state index in [2.05, 4.69) is 17.1 Å². The Morgan fingerprint density at radius 1 is 1.47 bits per heavy atom. The van der Waals surface area contributed by atoms with E-state index in [1.807, 2.05) is 0 Å². The molecule has 0 radical (unpaired) electrons. The summed E-state index contributed by atoms with van der Waals surface area (Å²) in [5.41, 5.74) is 6.86. The Morgan fingerprint density at radius 2 is 2.21 bits per heavy atom. The molecular formula is C13H14ClN3O2. The molecule has 1 aliphatic carbocycles. The summed E-state index contributed by atoms with van der Waals surface area (Å²) in [4.78, 5) is 4.42. The lowest BCUT2D eigenvalue weighted by molar-refractivity contribution is 0.403. The fraction of sp³-hybridized carbons (Fsp3) is 0.385. The third kappa shape index (κ3) is 2.14. The molecule has 0 saturated heterocycles. The second kappa shape index (κ2) is 4.42. The largest absolute Gasteiger partial charge is 0.496 e. The molecule has 1 saturated carbocycles. The Hall–Kier alpha value is -1.75. The van der Waals surface area contributed by atoms with E-state index in [-0.39, 0.29) is 0 Å². The van der Waals surface area contributed by atoms with Crippen LogP contribution in [0.5, 0.6) is 5.75 Å². The monoisotopic (exact) mass is 279 g/mol. The number of hydrogen-bond acceptors (Lipinski definition) is 5. The van der Waals surface area contributed by atoms with Gasteiger partial charge in [0.05, 0.1) is 23.4 Å². The maximum atomic E-state index is 6.03. The first kappa shape index (κ1) is 12.3. The smallest absolute Gasteiger partial charge is 0.261 e. The molecule has 6 heteroatoms. The quantitative estimate of drug-likeness (QED) is 0.874. The van der Waals surface area contributed by atoms with Gasteiger partial charge in [0.15, 0.2) is 5.82 Å². The van der Waals surface area contributed by atoms with Crippen LogP contribution in [-0.4, -0.2) is 17.3 Å². The Bertz CT molecular complexity index is 626. The number of aromatic nitrogens is 2. The summed E-state index contributed by atoms with van der Waals surface area (Å²) >= 11 is 6.03. The first-order valence-corrected chi connectivity index (χ1v) is 6.45. The molecule has 2 atom stereocenters. The molecule has 0 amide bonds. The number of nitrogens with two attached hydrogens (primary N) is 1. The summed E-state index contributed by atoms with van der Waals surface area (Å²) in [6, 6.07) is 3.34. The number of nitrogens with zero attached hydrogens (tertiary/aromatic N) is 2. The highest BCUT2D eigenvalue weighted by Gasteiger charge is 2.38. The summed E-state index contributed by atoms with van der Waals surface area (Å²) in [6.45, 7) is 2.17. The van der Waals surface area contributed by atoms with Gasteiger partial charge in [-0.1, -0.05) is 23.7 Å². The van der Waals surface area contributed by atoms with Crippen LogP contribution in [0.4, 0.5) is 5.69 Å². The van der Waals surface area contributed by atoms with E-state index in [0.717, 1.165) is 12.2 Å². The van der Waals surface area contributed by atoms with Gasteiger partial charge in [-0.2, -0.15) is 4.98 Å². The molecule has 100 valence electrons. The van der Waals surface area contributed by atoms with Crippen molar-refractivity contribution in [2.75, 3.05) is 12.8 Å². The minimum atomic E-state index is 0.410. The Morgan fingerprint density at radius 3 is 2.84 bits per heavy atom. The van der Waals surface area contributed by atoms with Gasteiger partial charge in [-0.25, -0.2) is 0 Å². The van der Waals surface area contributed by atoms with Crippen molar-refractivity contribution in [3.63, 3.8) is 0 Å². The number of halogens is 1. The molecule has 0 spiro atoms. The van der Waals surface area contributed by atoms with Crippen LogP contribution in [0.25, 0.3) is 11.5 Å². The second-order valence-electron chi connectivity index (χ2n) is 4.85. The zero-order valence-electron chi connectivity index (χ0n) is 10.7. The number of benzene rings is 1. The van der Waals surface area contributed by atoms with Crippen molar-refractivity contribution in [3.8, 4) is 17.2 Å². The second-order valence-corrected chi connectivity index (χ2v) is 5.26. The van der Waals surface area contributed by atoms with E-state index < -0.39 is 0 Å². The normalized spacial score (nSPS) is 21.4. The Balaban J connectivity index is 2.01. The van der Waals surface area contributed by atoms with Gasteiger partial charge >= 0.3 is 0 Å². The van der Waals surface area contributed by atoms with Crippen LogP contribution in [0.3, 0.4) is 0 Å². The van der Waals surface area contributed by atoms with Crippen molar-refractivity contribution in [2.24, 2.45) is 5.92 Å². The Labute approximate surface area is 115 Å². The number of nitrogen functional groups attached to an aromatic ring is 1. The minimum Gasteiger partial charge on any atom is -0.496 e. The zero-order valence-corrected chi connectivity index (χ0v) is 11.4. The number of rotatable bonds is 3. The number of anilines is 1. The van der Waals surface area contributed by atoms with Crippen molar-refractivity contribution in [3.05, 3.63) is 23.0 Å². The number of ether oxygens (including phenoxy) is 1. The molecule has 19 heavy (non-hydrogen) atoms. The van der Waals surface area contributed by atoms with Crippen LogP contribution in [0.1, 0.15) is 25.1 Å². The third-order valence-electron chi connectivity index (χ3n) is 3.43. The molecule has 3 rings (SSSR count). The summed E-state index contributed by atoms with van der Waals surface area (Å²) in [7, 11) is 1.56. The molecule has 1 fully saturated rings. The van der Waals surface area contributed by atoms with Crippen molar-refractivity contribution in [2.45, 2.75) is 19.3 Å². The van der Waals surface area contributed by atoms with Gasteiger partial charge in [0, 0.05) is 12.0 Å². The lowest BCUT2D eigenvalue weighted by atomic mass is 10.2. The SMILES string of the molecule is COc1cc(N)c(Cl)cc1-c1nc(C2CC2C)no1. The molecule has 2 unspecified atom stereocenters. The van der Waals surface area contributed by atoms with E-state index in [0.29, 0.717) is 39.7 Å². The predicted octanol–water partition coefficient (Wildman–Crippen LogP) is 3.10. The maximum absolute atomic E-state index is 6.03. The summed E-state index contributed by atoms with van der Waals surface area (Å²) in [5, 5.41) is 4.46. The number of hydrogen-bond donors (Lipinski definition) is 1. The van der Waals surface area contributed by atoms with Crippen LogP contribution in [0.15, 0.2) is 16.7 Å². The van der Waals surface area contributed by atoms with E-state index in [4.69, 9.17) is 26.6 Å². The summed E-state index contributed by atoms with van der Waals surface area (Å²) < 4.78 is 10.6. The molecule has 2 N–H and O–H groups in total. The standard InChI is InChI=1S/C13H14ClN3O2/c1-6-3-7(6)12-16-13(19-17-12)8-4-9(14)10(15)5-11(8)18-2/h4-7H,3,15H2,1-2H3. The van der Waals surface area contributed by atoms with Gasteiger partial charge < -0.3 is 15.0 Å². The molecule has 0 bridgehead atoms. The summed E-state index contributed by atoms with van der Waals surface area (Å²) in [5.74, 6) is 2.77. The first-order chi connectivity index (χ1) is 9.10. The van der Waals surface area contributed by atoms with Gasteiger partial charge in [0.2, 0.25) is 0 Å². The highest BCUT2D eigenvalue weighted by atomic mass is 35.5. The van der Waals surface area contributed by atoms with Crippen molar-refractivity contribution >= 4 is 17.3 Å². The molecule has 2 aromatic rings. The van der Waals surface area contributed by atoms with Crippen LogP contribution >= 0.6 is 11.6 Å². The van der Waals surface area contributed by atoms with Crippen molar-refractivity contribution < 1.29 is 9.26 Å². The summed E-state index contributed by atoms with van der Waals surface area (Å²) in [6.07, 6.45) is 1.11. The van der Waals surface area contributed by atoms with Gasteiger partial charge in [-0.15, -0.1) is 0 Å². The third-order valence-corrected chi connectivity index (χ3v) is 3.76. The van der Waals surface area contributed by atoms with Gasteiger partial charge in [0.25, 0.3) is 5.89 Å². The fourth-order valence-electron chi connectivity index (χ4n) is 2.08. The van der Waals surface area contributed by atoms with E-state index in [1.54, 1.807) is 19.2 Å². The minimum absolute atomic E-state index is 0.410. The van der Waals surface area contributed by atoms with Crippen molar-refractivity contribution in [1.29, 1.82) is 0 Å². The van der Waals surface area contributed by atoms with Crippen molar-refractivity contribution in [1.82, 2.24) is 10.1 Å². The highest BCUT2D eigenvalue weighted by Crippen LogP contribution is 2.46. The molecule has 5 nitrogen and oxygen atoms in total. The molecule has 0 aliphatic heterocycles. The van der Waals surface area contributed by atoms with E-state index >= 15 is 0 Å². The van der Waals surface area contributed by atoms with Crippen LogP contribution in [0, 0.1) is 5.92 Å². The van der Waals surface area contributed by atoms with Gasteiger partial charge in [0.1, 0.15) is 5.75 Å². The number of methoxy groups -OCH3 is 1. The lowest BCUT2D eigenvalue weighted by Gasteiger charge is -2.07. The molecule has 1 aliphatic rings. The van der Waals surface area contributed by atoms with Crippen LogP contribution in [0.2, 0.25) is 5.02 Å². The Kier molecular flexibility index (Phi) is 2.86. The molecular weight excluding hydrogens is 266 g/mol. The lowest BCUT2D eigenvalue weighted by Crippen LogP contribution is -1.93. The average Bonchev–Trinajstić information content (AvgIpc) is 2.92. The predicted molar refractivity (Wildman–Crippen MR) is 72.2 cm³/mol. The zero-order chi connectivity index (χ0) is 13.6. The van der Waals surface area contributed by atoms with E-state index in [9.17, 15) is 0 Å². The average molecular weight is 280 g/mol. The fourth-order valence-corrected chi connectivity index (χ4v) is 2.25. The molecule has 1 heterocycles. The molecule has 1 aromatic carbocycles. The first-order valence-electron chi connectivity index (χ1n) is 6.07. The van der Waals surface area contributed by atoms with E-state index in [1.165, 1.54) is 0 Å². The molecule has 1 aromatic heterocycles. The van der Waals surface area contributed by atoms with Crippen LogP contribution < -0.4 is 10.5 Å². The van der Waals surface area contributed by atoms with Gasteiger partial charge in [-0.3, -0.25) is 0 Å².